The highest BCUT2D eigenvalue weighted by atomic mass is 16.5. The van der Waals surface area contributed by atoms with Crippen LogP contribution in [0.3, 0.4) is 0 Å². The molecule has 172 valence electrons. The minimum Gasteiger partial charge on any atom is -0.395 e. The molecule has 0 bridgehead atoms. The van der Waals surface area contributed by atoms with Gasteiger partial charge in [-0.05, 0) is 40.0 Å². The van der Waals surface area contributed by atoms with Gasteiger partial charge in [0, 0.05) is 0 Å². The fraction of sp³-hybridized carbons (Fsp3) is 0.556. The summed E-state index contributed by atoms with van der Waals surface area (Å²) >= 11 is 0. The van der Waals surface area contributed by atoms with Crippen LogP contribution in [0.15, 0.2) is 42.5 Å². The molecule has 0 saturated carbocycles. The standard InChI is InChI=1S/C27H40O4/c1-19-13-21(25(2,3)4)23(22(14-19)26(5,6)7)24(27(16-28,17-29)18-30)31-15-20-11-9-8-10-12-20/h8-14,24,28-30H,15-18H2,1-7H3. The summed E-state index contributed by atoms with van der Waals surface area (Å²) in [6.45, 7) is 14.2. The van der Waals surface area contributed by atoms with Crippen molar-refractivity contribution in [2.75, 3.05) is 19.8 Å². The number of aliphatic hydroxyl groups excluding tert-OH is 3. The molecule has 1 atom stereocenters. The van der Waals surface area contributed by atoms with Gasteiger partial charge in [-0.25, -0.2) is 0 Å². The third-order valence-electron chi connectivity index (χ3n) is 5.96. The molecule has 3 N–H and O–H groups in total. The van der Waals surface area contributed by atoms with Crippen LogP contribution in [-0.2, 0) is 22.2 Å². The fourth-order valence-electron chi connectivity index (χ4n) is 4.04. The van der Waals surface area contributed by atoms with Crippen LogP contribution in [-0.4, -0.2) is 35.1 Å². The first-order valence-corrected chi connectivity index (χ1v) is 11.0. The second-order valence-electron chi connectivity index (χ2n) is 10.8. The van der Waals surface area contributed by atoms with Gasteiger partial charge in [-0.15, -0.1) is 0 Å². The van der Waals surface area contributed by atoms with Crippen molar-refractivity contribution >= 4 is 0 Å². The quantitative estimate of drug-likeness (QED) is 0.564. The van der Waals surface area contributed by atoms with Crippen LogP contribution < -0.4 is 0 Å². The summed E-state index contributed by atoms with van der Waals surface area (Å²) < 4.78 is 6.48. The van der Waals surface area contributed by atoms with Crippen molar-refractivity contribution in [1.29, 1.82) is 0 Å². The number of ether oxygens (including phenoxy) is 1. The lowest BCUT2D eigenvalue weighted by molar-refractivity contribution is -0.123. The van der Waals surface area contributed by atoms with Crippen molar-refractivity contribution in [2.45, 2.75) is 72.0 Å². The second kappa shape index (κ2) is 9.83. The zero-order chi connectivity index (χ0) is 23.4. The summed E-state index contributed by atoms with van der Waals surface area (Å²) in [6, 6.07) is 14.2. The Morgan fingerprint density at radius 3 is 1.61 bits per heavy atom. The molecule has 0 heterocycles. The molecular weight excluding hydrogens is 388 g/mol. The summed E-state index contributed by atoms with van der Waals surface area (Å²) in [7, 11) is 0. The molecule has 0 radical (unpaired) electrons. The first-order valence-electron chi connectivity index (χ1n) is 11.0. The number of aryl methyl sites for hydroxylation is 1. The number of hydrogen-bond acceptors (Lipinski definition) is 4. The van der Waals surface area contributed by atoms with Gasteiger partial charge in [0.25, 0.3) is 0 Å². The molecule has 0 aliphatic rings. The van der Waals surface area contributed by atoms with Crippen LogP contribution in [0.1, 0.15) is 75.5 Å². The Labute approximate surface area is 187 Å². The largest absolute Gasteiger partial charge is 0.395 e. The highest BCUT2D eigenvalue weighted by Gasteiger charge is 2.44. The van der Waals surface area contributed by atoms with Gasteiger partial charge in [-0.2, -0.15) is 0 Å². The van der Waals surface area contributed by atoms with E-state index in [1.807, 2.05) is 30.3 Å². The van der Waals surface area contributed by atoms with Crippen LogP contribution in [0.25, 0.3) is 0 Å². The average Bonchev–Trinajstić information content (AvgIpc) is 2.71. The summed E-state index contributed by atoms with van der Waals surface area (Å²) in [6.07, 6.45) is -0.684. The lowest BCUT2D eigenvalue weighted by Gasteiger charge is -2.42. The molecule has 2 aromatic carbocycles. The minimum atomic E-state index is -1.22. The molecule has 4 nitrogen and oxygen atoms in total. The lowest BCUT2D eigenvalue weighted by atomic mass is 9.69. The Morgan fingerprint density at radius 1 is 0.774 bits per heavy atom. The zero-order valence-electron chi connectivity index (χ0n) is 20.2. The van der Waals surface area contributed by atoms with Crippen molar-refractivity contribution in [3.8, 4) is 0 Å². The molecule has 0 aromatic heterocycles. The van der Waals surface area contributed by atoms with Gasteiger partial charge in [-0.1, -0.05) is 89.6 Å². The van der Waals surface area contributed by atoms with Crippen LogP contribution in [0.5, 0.6) is 0 Å². The molecule has 0 spiro atoms. The van der Waals surface area contributed by atoms with Crippen molar-refractivity contribution in [3.63, 3.8) is 0 Å². The van der Waals surface area contributed by atoms with Crippen molar-refractivity contribution in [1.82, 2.24) is 0 Å². The Hall–Kier alpha value is -1.72. The summed E-state index contributed by atoms with van der Waals surface area (Å²) in [5, 5.41) is 31.0. The van der Waals surface area contributed by atoms with Crippen molar-refractivity contribution in [3.05, 3.63) is 70.3 Å². The van der Waals surface area contributed by atoms with E-state index in [0.717, 1.165) is 27.8 Å². The third-order valence-corrected chi connectivity index (χ3v) is 5.96. The lowest BCUT2D eigenvalue weighted by Crippen LogP contribution is -2.43. The molecule has 2 rings (SSSR count). The summed E-state index contributed by atoms with van der Waals surface area (Å²) in [5.41, 5.74) is 3.72. The average molecular weight is 429 g/mol. The van der Waals surface area contributed by atoms with Crippen LogP contribution >= 0.6 is 0 Å². The first-order chi connectivity index (χ1) is 14.4. The fourth-order valence-corrected chi connectivity index (χ4v) is 4.04. The normalized spacial score (nSPS) is 14.0. The minimum absolute atomic E-state index is 0.193. The zero-order valence-corrected chi connectivity index (χ0v) is 20.2. The number of rotatable bonds is 8. The van der Waals surface area contributed by atoms with Crippen LogP contribution in [0, 0.1) is 12.3 Å². The Bertz CT molecular complexity index is 797. The second-order valence-corrected chi connectivity index (χ2v) is 10.8. The molecule has 0 saturated heterocycles. The van der Waals surface area contributed by atoms with Crippen molar-refractivity contribution in [2.24, 2.45) is 5.41 Å². The van der Waals surface area contributed by atoms with Gasteiger partial charge in [-0.3, -0.25) is 0 Å². The Morgan fingerprint density at radius 2 is 1.23 bits per heavy atom. The molecule has 0 fully saturated rings. The van der Waals surface area contributed by atoms with E-state index < -0.39 is 11.5 Å². The van der Waals surface area contributed by atoms with E-state index in [2.05, 4.69) is 60.6 Å². The summed E-state index contributed by atoms with van der Waals surface area (Å²) in [5.74, 6) is 0. The molecule has 0 amide bonds. The van der Waals surface area contributed by atoms with E-state index in [-0.39, 0.29) is 30.7 Å². The molecule has 31 heavy (non-hydrogen) atoms. The summed E-state index contributed by atoms with van der Waals surface area (Å²) in [4.78, 5) is 0. The third kappa shape index (κ3) is 5.75. The Kier molecular flexibility index (Phi) is 8.10. The van der Waals surface area contributed by atoms with E-state index in [1.165, 1.54) is 0 Å². The highest BCUT2D eigenvalue weighted by molar-refractivity contribution is 5.47. The van der Waals surface area contributed by atoms with Crippen molar-refractivity contribution < 1.29 is 20.1 Å². The molecule has 2 aromatic rings. The van der Waals surface area contributed by atoms with Crippen LogP contribution in [0.4, 0.5) is 0 Å². The maximum absolute atomic E-state index is 10.3. The van der Waals surface area contributed by atoms with Gasteiger partial charge in [0.05, 0.1) is 37.9 Å². The van der Waals surface area contributed by atoms with E-state index in [4.69, 9.17) is 4.74 Å². The van der Waals surface area contributed by atoms with E-state index in [1.54, 1.807) is 0 Å². The molecule has 4 heteroatoms. The van der Waals surface area contributed by atoms with E-state index in [0.29, 0.717) is 6.61 Å². The molecule has 1 unspecified atom stereocenters. The van der Waals surface area contributed by atoms with E-state index >= 15 is 0 Å². The number of benzene rings is 2. The highest BCUT2D eigenvalue weighted by Crippen LogP contribution is 2.46. The molecule has 0 aliphatic carbocycles. The monoisotopic (exact) mass is 428 g/mol. The first kappa shape index (κ1) is 25.5. The number of aliphatic hydroxyl groups is 3. The predicted octanol–water partition coefficient (Wildman–Crippen LogP) is 4.81. The van der Waals surface area contributed by atoms with Gasteiger partial charge >= 0.3 is 0 Å². The van der Waals surface area contributed by atoms with Crippen LogP contribution in [0.2, 0.25) is 0 Å². The number of hydrogen-bond donors (Lipinski definition) is 3. The molecular formula is C27H40O4. The van der Waals surface area contributed by atoms with Gasteiger partial charge in [0.2, 0.25) is 0 Å². The maximum Gasteiger partial charge on any atom is 0.0957 e. The predicted molar refractivity (Wildman–Crippen MR) is 126 cm³/mol. The van der Waals surface area contributed by atoms with Gasteiger partial charge in [0.15, 0.2) is 0 Å². The van der Waals surface area contributed by atoms with E-state index in [9.17, 15) is 15.3 Å². The Balaban J connectivity index is 2.80. The maximum atomic E-state index is 10.3. The smallest absolute Gasteiger partial charge is 0.0957 e. The van der Waals surface area contributed by atoms with Gasteiger partial charge in [0.1, 0.15) is 0 Å². The topological polar surface area (TPSA) is 69.9 Å². The molecule has 0 aliphatic heterocycles. The SMILES string of the molecule is Cc1cc(C(C)(C)C)c(C(OCc2ccccc2)C(CO)(CO)CO)c(C(C)(C)C)c1. The van der Waals surface area contributed by atoms with Gasteiger partial charge < -0.3 is 20.1 Å².